The Morgan fingerprint density at radius 1 is 1.14 bits per heavy atom. The maximum absolute atomic E-state index is 6.36. The third kappa shape index (κ3) is 4.74. The third-order valence-electron chi connectivity index (χ3n) is 4.38. The van der Waals surface area contributed by atoms with Crippen molar-refractivity contribution in [2.45, 2.75) is 83.8 Å². The number of hydrogen-bond donors (Lipinski definition) is 1. The van der Waals surface area contributed by atoms with Gasteiger partial charge >= 0.3 is 0 Å². The summed E-state index contributed by atoms with van der Waals surface area (Å²) in [7, 11) is 0. The number of hydrogen-bond acceptors (Lipinski definition) is 2. The Labute approximate surface area is 130 Å². The Bertz CT molecular complexity index is 453. The molecule has 2 rings (SSSR count). The number of benzene rings is 1. The van der Waals surface area contributed by atoms with Crippen molar-refractivity contribution in [2.75, 3.05) is 0 Å². The quantitative estimate of drug-likeness (QED) is 0.672. The summed E-state index contributed by atoms with van der Waals surface area (Å²) in [5.74, 6) is 1.04. The number of ether oxygens (including phenoxy) is 1. The molecule has 0 spiro atoms. The summed E-state index contributed by atoms with van der Waals surface area (Å²) in [6.45, 7) is 6.54. The SMILES string of the molecule is CCCCCCCCC(N)c1ccc2c(c1)CC(C)(C)O2. The molecule has 0 aliphatic carbocycles. The van der Waals surface area contributed by atoms with Gasteiger partial charge in [0.15, 0.2) is 0 Å². The van der Waals surface area contributed by atoms with E-state index in [0.717, 1.165) is 18.6 Å². The monoisotopic (exact) mass is 289 g/mol. The Balaban J connectivity index is 1.80. The highest BCUT2D eigenvalue weighted by Crippen LogP contribution is 2.36. The zero-order valence-electron chi connectivity index (χ0n) is 14.0. The lowest BCUT2D eigenvalue weighted by molar-refractivity contribution is 0.138. The van der Waals surface area contributed by atoms with Crippen LogP contribution in [-0.4, -0.2) is 5.60 Å². The fraction of sp³-hybridized carbons (Fsp3) is 0.684. The average Bonchev–Trinajstić information content (AvgIpc) is 2.75. The van der Waals surface area contributed by atoms with Crippen molar-refractivity contribution in [1.29, 1.82) is 0 Å². The molecule has 1 aromatic carbocycles. The van der Waals surface area contributed by atoms with Crippen molar-refractivity contribution in [3.05, 3.63) is 29.3 Å². The Morgan fingerprint density at radius 2 is 1.86 bits per heavy atom. The molecule has 1 aromatic rings. The fourth-order valence-corrected chi connectivity index (χ4v) is 3.17. The summed E-state index contributed by atoms with van der Waals surface area (Å²) in [5, 5.41) is 0. The zero-order valence-corrected chi connectivity index (χ0v) is 14.0. The van der Waals surface area contributed by atoms with Crippen LogP contribution in [0.5, 0.6) is 5.75 Å². The number of rotatable bonds is 8. The third-order valence-corrected chi connectivity index (χ3v) is 4.38. The molecule has 0 aromatic heterocycles. The summed E-state index contributed by atoms with van der Waals surface area (Å²) in [4.78, 5) is 0. The first-order valence-electron chi connectivity index (χ1n) is 8.59. The second-order valence-electron chi connectivity index (χ2n) is 7.07. The van der Waals surface area contributed by atoms with Gasteiger partial charge in [-0.3, -0.25) is 0 Å². The average molecular weight is 289 g/mol. The van der Waals surface area contributed by atoms with Gasteiger partial charge in [-0.15, -0.1) is 0 Å². The van der Waals surface area contributed by atoms with Crippen LogP contribution in [0.25, 0.3) is 0 Å². The van der Waals surface area contributed by atoms with Gasteiger partial charge in [0.2, 0.25) is 0 Å². The molecule has 2 nitrogen and oxygen atoms in total. The normalized spacial score (nSPS) is 17.3. The van der Waals surface area contributed by atoms with E-state index in [0.29, 0.717) is 0 Å². The minimum Gasteiger partial charge on any atom is -0.487 e. The van der Waals surface area contributed by atoms with E-state index in [4.69, 9.17) is 10.5 Å². The first-order valence-corrected chi connectivity index (χ1v) is 8.59. The lowest BCUT2D eigenvalue weighted by Gasteiger charge is -2.16. The maximum Gasteiger partial charge on any atom is 0.123 e. The molecule has 2 N–H and O–H groups in total. The predicted molar refractivity (Wildman–Crippen MR) is 89.8 cm³/mol. The van der Waals surface area contributed by atoms with E-state index in [1.165, 1.54) is 49.7 Å². The van der Waals surface area contributed by atoms with Gasteiger partial charge in [0.1, 0.15) is 11.4 Å². The van der Waals surface area contributed by atoms with Crippen LogP contribution in [0.2, 0.25) is 0 Å². The largest absolute Gasteiger partial charge is 0.487 e. The van der Waals surface area contributed by atoms with Gasteiger partial charge in [-0.2, -0.15) is 0 Å². The van der Waals surface area contributed by atoms with Crippen LogP contribution >= 0.6 is 0 Å². The van der Waals surface area contributed by atoms with Gasteiger partial charge in [0, 0.05) is 12.5 Å². The highest BCUT2D eigenvalue weighted by molar-refractivity contribution is 5.42. The van der Waals surface area contributed by atoms with E-state index >= 15 is 0 Å². The van der Waals surface area contributed by atoms with Gasteiger partial charge in [-0.25, -0.2) is 0 Å². The fourth-order valence-electron chi connectivity index (χ4n) is 3.17. The van der Waals surface area contributed by atoms with Crippen molar-refractivity contribution in [2.24, 2.45) is 5.73 Å². The molecule has 1 atom stereocenters. The molecule has 0 amide bonds. The van der Waals surface area contributed by atoms with Crippen LogP contribution in [0.4, 0.5) is 0 Å². The smallest absolute Gasteiger partial charge is 0.123 e. The summed E-state index contributed by atoms with van der Waals surface area (Å²) in [6, 6.07) is 6.67. The van der Waals surface area contributed by atoms with Crippen molar-refractivity contribution in [1.82, 2.24) is 0 Å². The highest BCUT2D eigenvalue weighted by atomic mass is 16.5. The number of unbranched alkanes of at least 4 members (excludes halogenated alkanes) is 5. The van der Waals surface area contributed by atoms with E-state index in [1.807, 2.05) is 0 Å². The second-order valence-corrected chi connectivity index (χ2v) is 7.07. The molecule has 1 unspecified atom stereocenters. The molecule has 118 valence electrons. The molecule has 0 radical (unpaired) electrons. The summed E-state index contributed by atoms with van der Waals surface area (Å²) >= 11 is 0. The molecular formula is C19H31NO. The van der Waals surface area contributed by atoms with Crippen LogP contribution in [-0.2, 0) is 6.42 Å². The molecule has 0 fully saturated rings. The molecule has 2 heteroatoms. The Hall–Kier alpha value is -1.02. The number of nitrogens with two attached hydrogens (primary N) is 1. The first kappa shape index (κ1) is 16.4. The van der Waals surface area contributed by atoms with Crippen molar-refractivity contribution in [3.63, 3.8) is 0 Å². The van der Waals surface area contributed by atoms with Gasteiger partial charge in [-0.1, -0.05) is 57.6 Å². The predicted octanol–water partition coefficient (Wildman–Crippen LogP) is 5.15. The molecule has 1 aliphatic heterocycles. The molecule has 0 saturated carbocycles. The van der Waals surface area contributed by atoms with E-state index in [1.54, 1.807) is 0 Å². The van der Waals surface area contributed by atoms with Crippen LogP contribution in [0, 0.1) is 0 Å². The minimum absolute atomic E-state index is 0.0651. The summed E-state index contributed by atoms with van der Waals surface area (Å²) < 4.78 is 5.92. The van der Waals surface area contributed by atoms with Gasteiger partial charge in [-0.05, 0) is 37.5 Å². The topological polar surface area (TPSA) is 35.2 Å². The van der Waals surface area contributed by atoms with Gasteiger partial charge in [0.25, 0.3) is 0 Å². The van der Waals surface area contributed by atoms with Crippen LogP contribution < -0.4 is 10.5 Å². The highest BCUT2D eigenvalue weighted by Gasteiger charge is 2.30. The molecule has 1 aliphatic rings. The molecule has 1 heterocycles. The lowest BCUT2D eigenvalue weighted by atomic mass is 9.96. The van der Waals surface area contributed by atoms with E-state index in [9.17, 15) is 0 Å². The molecular weight excluding hydrogens is 258 g/mol. The molecule has 0 bridgehead atoms. The Morgan fingerprint density at radius 3 is 2.62 bits per heavy atom. The Kier molecular flexibility index (Phi) is 5.69. The lowest BCUT2D eigenvalue weighted by Crippen LogP contribution is -2.24. The van der Waals surface area contributed by atoms with Crippen LogP contribution in [0.1, 0.15) is 82.9 Å². The second kappa shape index (κ2) is 7.31. The number of fused-ring (bicyclic) bond motifs is 1. The van der Waals surface area contributed by atoms with E-state index in [2.05, 4.69) is 39.0 Å². The van der Waals surface area contributed by atoms with Gasteiger partial charge in [0.05, 0.1) is 0 Å². The van der Waals surface area contributed by atoms with Crippen molar-refractivity contribution >= 4 is 0 Å². The van der Waals surface area contributed by atoms with Crippen LogP contribution in [0.3, 0.4) is 0 Å². The molecule has 21 heavy (non-hydrogen) atoms. The van der Waals surface area contributed by atoms with E-state index < -0.39 is 0 Å². The summed E-state index contributed by atoms with van der Waals surface area (Å²) in [6.07, 6.45) is 10.0. The molecule has 0 saturated heterocycles. The van der Waals surface area contributed by atoms with Crippen molar-refractivity contribution < 1.29 is 4.74 Å². The first-order chi connectivity index (χ1) is 10.0. The summed E-state index contributed by atoms with van der Waals surface area (Å²) in [5.41, 5.74) is 8.87. The zero-order chi connectivity index (χ0) is 15.3. The van der Waals surface area contributed by atoms with Gasteiger partial charge < -0.3 is 10.5 Å². The minimum atomic E-state index is -0.0651. The maximum atomic E-state index is 6.36. The van der Waals surface area contributed by atoms with E-state index in [-0.39, 0.29) is 11.6 Å². The van der Waals surface area contributed by atoms with Crippen molar-refractivity contribution in [3.8, 4) is 5.75 Å². The standard InChI is InChI=1S/C19H31NO/c1-4-5-6-7-8-9-10-17(20)15-11-12-18-16(13-15)14-19(2,3)21-18/h11-13,17H,4-10,14,20H2,1-3H3. The van der Waals surface area contributed by atoms with Crippen LogP contribution in [0.15, 0.2) is 18.2 Å².